The fourth-order valence-corrected chi connectivity index (χ4v) is 0.782. The predicted molar refractivity (Wildman–Crippen MR) is 38.3 cm³/mol. The molecule has 0 aromatic carbocycles. The van der Waals surface area contributed by atoms with Gasteiger partial charge in [0.15, 0.2) is 0 Å². The van der Waals surface area contributed by atoms with Crippen molar-refractivity contribution in [2.24, 2.45) is 0 Å². The molecular weight excluding hydrogens is 246 g/mol. The first kappa shape index (κ1) is 15.0. The highest BCUT2D eigenvalue weighted by atomic mass is 19.4. The number of rotatable bonds is 3. The molecule has 0 aromatic heterocycles. The van der Waals surface area contributed by atoms with Gasteiger partial charge in [-0.1, -0.05) is 0 Å². The van der Waals surface area contributed by atoms with Crippen LogP contribution in [0.1, 0.15) is 13.3 Å². The molecule has 0 aliphatic carbocycles. The van der Waals surface area contributed by atoms with Crippen LogP contribution in [0.15, 0.2) is 0 Å². The third-order valence-electron chi connectivity index (χ3n) is 1.64. The van der Waals surface area contributed by atoms with Crippen molar-refractivity contribution in [2.45, 2.75) is 31.3 Å². The van der Waals surface area contributed by atoms with Crippen molar-refractivity contribution >= 4 is 5.97 Å². The molecule has 0 amide bonds. The largest absolute Gasteiger partial charge is 0.466 e. The molecule has 0 spiro atoms. The Kier molecular flexibility index (Phi) is 4.20. The third kappa shape index (κ3) is 3.00. The zero-order chi connectivity index (χ0) is 13.2. The minimum Gasteiger partial charge on any atom is -0.466 e. The molecule has 0 bridgehead atoms. The molecule has 96 valence electrons. The van der Waals surface area contributed by atoms with Gasteiger partial charge in [-0.2, -0.15) is 26.3 Å². The highest BCUT2D eigenvalue weighted by Crippen LogP contribution is 2.45. The quantitative estimate of drug-likeness (QED) is 0.617. The first-order valence-electron chi connectivity index (χ1n) is 3.97. The van der Waals surface area contributed by atoms with Crippen LogP contribution in [0.25, 0.3) is 0 Å². The zero-order valence-electron chi connectivity index (χ0n) is 7.95. The van der Waals surface area contributed by atoms with Gasteiger partial charge in [-0.25, -0.2) is 0 Å². The number of hydrogen-bond donors (Lipinski definition) is 1. The Bertz CT molecular complexity index is 242. The van der Waals surface area contributed by atoms with Crippen LogP contribution >= 0.6 is 0 Å². The summed E-state index contributed by atoms with van der Waals surface area (Å²) in [5, 5.41) is 8.53. The summed E-state index contributed by atoms with van der Waals surface area (Å²) in [7, 11) is 0. The van der Waals surface area contributed by atoms with Gasteiger partial charge in [0.25, 0.3) is 5.60 Å². The summed E-state index contributed by atoms with van der Waals surface area (Å²) in [6.45, 7) is 0.822. The Labute approximate surface area is 86.0 Å². The van der Waals surface area contributed by atoms with Gasteiger partial charge in [-0.3, -0.25) is 4.79 Å². The molecule has 0 radical (unpaired) electrons. The molecule has 0 rings (SSSR count). The van der Waals surface area contributed by atoms with E-state index >= 15 is 0 Å². The van der Waals surface area contributed by atoms with Crippen molar-refractivity contribution in [3.05, 3.63) is 0 Å². The van der Waals surface area contributed by atoms with Crippen molar-refractivity contribution in [1.29, 1.82) is 0 Å². The SMILES string of the molecule is CCOC(=O)CC(O)(C(F)(F)F)C(F)(F)F. The molecule has 0 heterocycles. The van der Waals surface area contributed by atoms with Crippen molar-refractivity contribution in [1.82, 2.24) is 0 Å². The summed E-state index contributed by atoms with van der Waals surface area (Å²) in [6, 6.07) is 0. The van der Waals surface area contributed by atoms with Crippen LogP contribution in [0.3, 0.4) is 0 Å². The van der Waals surface area contributed by atoms with E-state index in [0.717, 1.165) is 0 Å². The number of alkyl halides is 6. The number of esters is 1. The molecule has 0 saturated heterocycles. The van der Waals surface area contributed by atoms with Crippen LogP contribution in [0.2, 0.25) is 0 Å². The molecule has 0 saturated carbocycles. The van der Waals surface area contributed by atoms with Gasteiger partial charge in [0.2, 0.25) is 0 Å². The van der Waals surface area contributed by atoms with E-state index in [-0.39, 0.29) is 6.61 Å². The molecule has 9 heteroatoms. The highest BCUT2D eigenvalue weighted by Gasteiger charge is 2.71. The van der Waals surface area contributed by atoms with Gasteiger partial charge < -0.3 is 9.84 Å². The second-order valence-electron chi connectivity index (χ2n) is 2.84. The summed E-state index contributed by atoms with van der Waals surface area (Å²) in [5.41, 5.74) is -5.08. The lowest BCUT2D eigenvalue weighted by Gasteiger charge is -2.31. The molecule has 1 N–H and O–H groups in total. The van der Waals surface area contributed by atoms with Gasteiger partial charge in [-0.15, -0.1) is 0 Å². The molecule has 3 nitrogen and oxygen atoms in total. The van der Waals surface area contributed by atoms with Crippen LogP contribution in [0.5, 0.6) is 0 Å². The molecule has 0 aromatic rings. The normalized spacial score (nSPS) is 13.8. The standard InChI is InChI=1S/C7H8F6O3/c1-2-16-4(14)3-5(15,6(8,9)10)7(11,12)13/h15H,2-3H2,1H3. The maximum absolute atomic E-state index is 12.0. The van der Waals surface area contributed by atoms with E-state index in [0.29, 0.717) is 0 Å². The smallest absolute Gasteiger partial charge is 0.426 e. The van der Waals surface area contributed by atoms with Gasteiger partial charge >= 0.3 is 18.3 Å². The van der Waals surface area contributed by atoms with E-state index in [1.807, 2.05) is 0 Å². The predicted octanol–water partition coefficient (Wildman–Crippen LogP) is 1.80. The van der Waals surface area contributed by atoms with Gasteiger partial charge in [0, 0.05) is 0 Å². The number of aliphatic hydroxyl groups is 1. The first-order valence-corrected chi connectivity index (χ1v) is 3.97. The molecule has 0 aliphatic rings. The van der Waals surface area contributed by atoms with E-state index in [2.05, 4.69) is 4.74 Å². The first-order chi connectivity index (χ1) is 6.95. The lowest BCUT2D eigenvalue weighted by molar-refractivity contribution is -0.368. The maximum atomic E-state index is 12.0. The Morgan fingerprint density at radius 2 is 1.50 bits per heavy atom. The summed E-state index contributed by atoms with van der Waals surface area (Å²) in [5.74, 6) is -1.78. The minimum absolute atomic E-state index is 0.384. The van der Waals surface area contributed by atoms with Gasteiger partial charge in [0.05, 0.1) is 13.0 Å². The number of ether oxygens (including phenoxy) is 1. The van der Waals surface area contributed by atoms with E-state index in [1.165, 1.54) is 6.92 Å². The monoisotopic (exact) mass is 254 g/mol. The van der Waals surface area contributed by atoms with Crippen LogP contribution in [-0.2, 0) is 9.53 Å². The number of carbonyl (C=O) groups excluding carboxylic acids is 1. The van der Waals surface area contributed by atoms with Crippen molar-refractivity contribution in [2.75, 3.05) is 6.61 Å². The lowest BCUT2D eigenvalue weighted by Crippen LogP contribution is -2.58. The summed E-state index contributed by atoms with van der Waals surface area (Å²) < 4.78 is 76.1. The summed E-state index contributed by atoms with van der Waals surface area (Å²) in [6.07, 6.45) is -14.2. The Morgan fingerprint density at radius 1 is 1.12 bits per heavy atom. The number of hydrogen-bond acceptors (Lipinski definition) is 3. The summed E-state index contributed by atoms with van der Waals surface area (Å²) in [4.78, 5) is 10.6. The molecule has 0 atom stereocenters. The van der Waals surface area contributed by atoms with Crippen molar-refractivity contribution in [3.63, 3.8) is 0 Å². The van der Waals surface area contributed by atoms with Crippen LogP contribution < -0.4 is 0 Å². The zero-order valence-corrected chi connectivity index (χ0v) is 7.95. The highest BCUT2D eigenvalue weighted by molar-refractivity contribution is 5.71. The molecular formula is C7H8F6O3. The fourth-order valence-electron chi connectivity index (χ4n) is 0.782. The fraction of sp³-hybridized carbons (Fsp3) is 0.857. The van der Waals surface area contributed by atoms with E-state index in [4.69, 9.17) is 5.11 Å². The summed E-state index contributed by atoms with van der Waals surface area (Å²) >= 11 is 0. The van der Waals surface area contributed by atoms with Crippen LogP contribution in [0.4, 0.5) is 26.3 Å². The molecule has 0 fully saturated rings. The van der Waals surface area contributed by atoms with E-state index in [9.17, 15) is 31.1 Å². The average Bonchev–Trinajstić information content (AvgIpc) is 1.99. The lowest BCUT2D eigenvalue weighted by atomic mass is 9.98. The van der Waals surface area contributed by atoms with E-state index in [1.54, 1.807) is 0 Å². The number of carbonyl (C=O) groups is 1. The molecule has 16 heavy (non-hydrogen) atoms. The van der Waals surface area contributed by atoms with Crippen LogP contribution in [0, 0.1) is 0 Å². The number of halogens is 6. The van der Waals surface area contributed by atoms with Crippen molar-refractivity contribution < 1.29 is 41.0 Å². The Morgan fingerprint density at radius 3 is 1.75 bits per heavy atom. The molecule has 0 aliphatic heterocycles. The van der Waals surface area contributed by atoms with Crippen molar-refractivity contribution in [3.8, 4) is 0 Å². The minimum atomic E-state index is -6.00. The molecule has 0 unspecified atom stereocenters. The Hall–Kier alpha value is -0.990. The average molecular weight is 254 g/mol. The Balaban J connectivity index is 5.06. The topological polar surface area (TPSA) is 46.5 Å². The maximum Gasteiger partial charge on any atom is 0.426 e. The van der Waals surface area contributed by atoms with Gasteiger partial charge in [-0.05, 0) is 6.92 Å². The van der Waals surface area contributed by atoms with Gasteiger partial charge in [0.1, 0.15) is 0 Å². The van der Waals surface area contributed by atoms with Crippen LogP contribution in [-0.4, -0.2) is 35.6 Å². The van der Waals surface area contributed by atoms with E-state index < -0.39 is 30.3 Å². The third-order valence-corrected chi connectivity index (χ3v) is 1.64. The second kappa shape index (κ2) is 4.48. The second-order valence-corrected chi connectivity index (χ2v) is 2.84.